The lowest BCUT2D eigenvalue weighted by Crippen LogP contribution is -2.51. The van der Waals surface area contributed by atoms with Gasteiger partial charge in [-0.15, -0.1) is 0 Å². The molecular formula is C7H14N2O3S. The van der Waals surface area contributed by atoms with Gasteiger partial charge in [-0.2, -0.15) is 0 Å². The first-order valence-corrected chi connectivity index (χ1v) is 5.99. The van der Waals surface area contributed by atoms with E-state index in [1.165, 1.54) is 0 Å². The van der Waals surface area contributed by atoms with Gasteiger partial charge in [0.2, 0.25) is 5.91 Å². The van der Waals surface area contributed by atoms with E-state index in [2.05, 4.69) is 10.6 Å². The Morgan fingerprint density at radius 2 is 2.31 bits per heavy atom. The van der Waals surface area contributed by atoms with Gasteiger partial charge in [-0.25, -0.2) is 8.42 Å². The predicted molar refractivity (Wildman–Crippen MR) is 49.1 cm³/mol. The molecule has 1 aliphatic rings. The maximum Gasteiger partial charge on any atom is 0.239 e. The summed E-state index contributed by atoms with van der Waals surface area (Å²) < 4.78 is 22.8. The van der Waals surface area contributed by atoms with Crippen molar-refractivity contribution in [3.05, 3.63) is 0 Å². The van der Waals surface area contributed by atoms with Gasteiger partial charge in [0.1, 0.15) is 0 Å². The van der Waals surface area contributed by atoms with Gasteiger partial charge >= 0.3 is 0 Å². The average Bonchev–Trinajstić information content (AvgIpc) is 2.03. The van der Waals surface area contributed by atoms with Gasteiger partial charge in [-0.3, -0.25) is 4.79 Å². The summed E-state index contributed by atoms with van der Waals surface area (Å²) in [7, 11) is -3.22. The first-order valence-electron chi connectivity index (χ1n) is 4.28. The Labute approximate surface area is 77.8 Å². The monoisotopic (exact) mass is 206 g/mol. The van der Waals surface area contributed by atoms with Crippen LogP contribution in [0.3, 0.4) is 0 Å². The highest BCUT2D eigenvalue weighted by molar-refractivity contribution is 7.92. The van der Waals surface area contributed by atoms with E-state index in [-0.39, 0.29) is 12.3 Å². The molecule has 76 valence electrons. The van der Waals surface area contributed by atoms with E-state index in [0.717, 1.165) is 0 Å². The van der Waals surface area contributed by atoms with Crippen LogP contribution >= 0.6 is 0 Å². The van der Waals surface area contributed by atoms with Crippen molar-refractivity contribution in [3.8, 4) is 0 Å². The van der Waals surface area contributed by atoms with Crippen LogP contribution in [0, 0.1) is 0 Å². The molecule has 0 spiro atoms. The number of carbonyl (C=O) groups is 1. The molecule has 0 aromatic rings. The molecule has 1 heterocycles. The Bertz CT molecular complexity index is 286. The lowest BCUT2D eigenvalue weighted by atomic mass is 10.3. The number of rotatable bonds is 2. The zero-order chi connectivity index (χ0) is 9.90. The van der Waals surface area contributed by atoms with Gasteiger partial charge in [0.25, 0.3) is 0 Å². The topological polar surface area (TPSA) is 75.3 Å². The van der Waals surface area contributed by atoms with Crippen LogP contribution < -0.4 is 10.6 Å². The van der Waals surface area contributed by atoms with Crippen LogP contribution in [0.1, 0.15) is 6.92 Å². The third-order valence-corrected chi connectivity index (χ3v) is 3.99. The van der Waals surface area contributed by atoms with Gasteiger partial charge in [0.15, 0.2) is 15.1 Å². The molecule has 1 rings (SSSR count). The normalized spacial score (nSPS) is 26.7. The van der Waals surface area contributed by atoms with E-state index in [0.29, 0.717) is 13.1 Å². The highest BCUT2D eigenvalue weighted by Crippen LogP contribution is 2.05. The number of hydrogen-bond donors (Lipinski definition) is 2. The Kier molecular flexibility index (Phi) is 3.27. The summed E-state index contributed by atoms with van der Waals surface area (Å²) in [5.41, 5.74) is 0. The van der Waals surface area contributed by atoms with Gasteiger partial charge in [0.05, 0.1) is 5.75 Å². The van der Waals surface area contributed by atoms with Crippen molar-refractivity contribution < 1.29 is 13.2 Å². The minimum absolute atomic E-state index is 0.0504. The van der Waals surface area contributed by atoms with Crippen molar-refractivity contribution in [2.75, 3.05) is 25.4 Å². The maximum absolute atomic E-state index is 11.4. The van der Waals surface area contributed by atoms with Crippen molar-refractivity contribution in [2.45, 2.75) is 12.2 Å². The van der Waals surface area contributed by atoms with Crippen molar-refractivity contribution >= 4 is 15.7 Å². The van der Waals surface area contributed by atoms with E-state index in [4.69, 9.17) is 0 Å². The van der Waals surface area contributed by atoms with Crippen LogP contribution in [0.2, 0.25) is 0 Å². The Morgan fingerprint density at radius 1 is 1.62 bits per heavy atom. The second-order valence-corrected chi connectivity index (χ2v) is 5.26. The highest BCUT2D eigenvalue weighted by atomic mass is 32.2. The molecule has 0 aromatic heterocycles. The number of nitrogens with one attached hydrogen (secondary N) is 2. The van der Waals surface area contributed by atoms with Crippen molar-refractivity contribution in [1.82, 2.24) is 10.6 Å². The average molecular weight is 206 g/mol. The number of amides is 1. The summed E-state index contributed by atoms with van der Waals surface area (Å²) in [6.45, 7) is 2.90. The second-order valence-electron chi connectivity index (χ2n) is 2.95. The van der Waals surface area contributed by atoms with Crippen LogP contribution in [0.15, 0.2) is 0 Å². The summed E-state index contributed by atoms with van der Waals surface area (Å²) in [5, 5.41) is 4.50. The molecule has 1 atom stereocenters. The van der Waals surface area contributed by atoms with Gasteiger partial charge < -0.3 is 10.6 Å². The molecular weight excluding hydrogens is 192 g/mol. The molecule has 1 fully saturated rings. The Balaban J connectivity index is 2.71. The number of sulfone groups is 1. The molecule has 1 unspecified atom stereocenters. The quantitative estimate of drug-likeness (QED) is 0.577. The molecule has 0 radical (unpaired) electrons. The van der Waals surface area contributed by atoms with Crippen LogP contribution in [-0.2, 0) is 14.6 Å². The Hall–Kier alpha value is -0.620. The lowest BCUT2D eigenvalue weighted by Gasteiger charge is -2.21. The minimum Gasteiger partial charge on any atom is -0.355 e. The molecule has 5 nitrogen and oxygen atoms in total. The lowest BCUT2D eigenvalue weighted by molar-refractivity contribution is -0.120. The first-order chi connectivity index (χ1) is 6.08. The molecule has 0 bridgehead atoms. The fraction of sp³-hybridized carbons (Fsp3) is 0.857. The summed E-state index contributed by atoms with van der Waals surface area (Å²) in [6.07, 6.45) is 0. The summed E-state index contributed by atoms with van der Waals surface area (Å²) in [5.74, 6) is -0.343. The molecule has 0 aromatic carbocycles. The maximum atomic E-state index is 11.4. The molecule has 6 heteroatoms. The Morgan fingerprint density at radius 3 is 2.85 bits per heavy atom. The third kappa shape index (κ3) is 2.41. The zero-order valence-corrected chi connectivity index (χ0v) is 8.36. The third-order valence-electron chi connectivity index (χ3n) is 1.97. The smallest absolute Gasteiger partial charge is 0.239 e. The standard InChI is InChI=1S/C7H14N2O3S/c1-2-9-7(10)6-5-8-3-4-13(6,11)12/h6,8H,2-5H2,1H3,(H,9,10). The van der Waals surface area contributed by atoms with Crippen LogP contribution in [0.5, 0.6) is 0 Å². The molecule has 13 heavy (non-hydrogen) atoms. The van der Waals surface area contributed by atoms with Crippen LogP contribution in [0.4, 0.5) is 0 Å². The van der Waals surface area contributed by atoms with Gasteiger partial charge in [-0.1, -0.05) is 0 Å². The van der Waals surface area contributed by atoms with E-state index in [1.807, 2.05) is 0 Å². The van der Waals surface area contributed by atoms with Crippen molar-refractivity contribution in [3.63, 3.8) is 0 Å². The molecule has 1 amide bonds. The summed E-state index contributed by atoms with van der Waals surface area (Å²) in [6, 6.07) is 0. The number of hydrogen-bond acceptors (Lipinski definition) is 4. The van der Waals surface area contributed by atoms with Crippen LogP contribution in [0.25, 0.3) is 0 Å². The van der Waals surface area contributed by atoms with Gasteiger partial charge in [-0.05, 0) is 6.92 Å². The molecule has 2 N–H and O–H groups in total. The van der Waals surface area contributed by atoms with E-state index in [9.17, 15) is 13.2 Å². The first kappa shape index (κ1) is 10.5. The van der Waals surface area contributed by atoms with E-state index in [1.54, 1.807) is 6.92 Å². The summed E-state index contributed by atoms with van der Waals surface area (Å²) >= 11 is 0. The second kappa shape index (κ2) is 4.06. The van der Waals surface area contributed by atoms with E-state index < -0.39 is 21.0 Å². The molecule has 1 saturated heterocycles. The molecule has 0 saturated carbocycles. The molecule has 0 aliphatic carbocycles. The predicted octanol–water partition coefficient (Wildman–Crippen LogP) is -1.49. The van der Waals surface area contributed by atoms with Crippen LogP contribution in [-0.4, -0.2) is 45.0 Å². The van der Waals surface area contributed by atoms with Crippen molar-refractivity contribution in [2.24, 2.45) is 0 Å². The fourth-order valence-electron chi connectivity index (χ4n) is 1.26. The fourth-order valence-corrected chi connectivity index (χ4v) is 2.76. The summed E-state index contributed by atoms with van der Waals surface area (Å²) in [4.78, 5) is 11.3. The zero-order valence-electron chi connectivity index (χ0n) is 7.54. The highest BCUT2D eigenvalue weighted by Gasteiger charge is 2.34. The van der Waals surface area contributed by atoms with Gasteiger partial charge in [0, 0.05) is 19.6 Å². The molecule has 1 aliphatic heterocycles. The SMILES string of the molecule is CCNC(=O)C1CNCCS1(=O)=O. The van der Waals surface area contributed by atoms with E-state index >= 15 is 0 Å². The number of carbonyl (C=O) groups excluding carboxylic acids is 1. The van der Waals surface area contributed by atoms with Crippen molar-refractivity contribution in [1.29, 1.82) is 0 Å². The minimum atomic E-state index is -3.22. The largest absolute Gasteiger partial charge is 0.355 e.